The van der Waals surface area contributed by atoms with Crippen LogP contribution in [-0.4, -0.2) is 4.92 Å². The molecule has 92 valence electrons. The number of nitrogens with zero attached hydrogens (tertiary/aromatic N) is 1. The Morgan fingerprint density at radius 2 is 1.94 bits per heavy atom. The molecule has 2 N–H and O–H groups in total. The summed E-state index contributed by atoms with van der Waals surface area (Å²) in [6.07, 6.45) is 0. The van der Waals surface area contributed by atoms with Crippen LogP contribution in [0.4, 0.5) is 11.4 Å². The van der Waals surface area contributed by atoms with Gasteiger partial charge in [0, 0.05) is 17.3 Å². The molecule has 2 aromatic carbocycles. The number of nitrogen functional groups attached to an aromatic ring is 1. The Morgan fingerprint density at radius 3 is 2.61 bits per heavy atom. The second-order valence-corrected chi connectivity index (χ2v) is 3.85. The van der Waals surface area contributed by atoms with Crippen LogP contribution in [0.1, 0.15) is 5.56 Å². The molecule has 0 aliphatic rings. The second-order valence-electron chi connectivity index (χ2n) is 3.85. The first-order chi connectivity index (χ1) is 8.58. The largest absolute Gasteiger partial charge is 0.450 e. The highest BCUT2D eigenvalue weighted by atomic mass is 16.6. The highest BCUT2D eigenvalue weighted by Gasteiger charge is 2.18. The van der Waals surface area contributed by atoms with E-state index in [1.165, 1.54) is 0 Å². The number of benzene rings is 2. The van der Waals surface area contributed by atoms with Gasteiger partial charge in [-0.1, -0.05) is 18.2 Å². The van der Waals surface area contributed by atoms with E-state index in [-0.39, 0.29) is 11.4 Å². The number of nitrogens with two attached hydrogens (primary N) is 1. The van der Waals surface area contributed by atoms with Crippen LogP contribution < -0.4 is 10.5 Å². The highest BCUT2D eigenvalue weighted by Crippen LogP contribution is 2.34. The molecule has 0 heterocycles. The molecular weight excluding hydrogens is 232 g/mol. The Kier molecular flexibility index (Phi) is 3.14. The molecule has 0 unspecified atom stereocenters. The molecule has 0 radical (unpaired) electrons. The van der Waals surface area contributed by atoms with E-state index < -0.39 is 4.92 Å². The number of anilines is 1. The smallest absolute Gasteiger partial charge is 0.314 e. The van der Waals surface area contributed by atoms with Crippen LogP contribution in [0.3, 0.4) is 0 Å². The molecule has 0 aromatic heterocycles. The molecule has 0 fully saturated rings. The van der Waals surface area contributed by atoms with Gasteiger partial charge in [-0.05, 0) is 25.1 Å². The average molecular weight is 244 g/mol. The van der Waals surface area contributed by atoms with E-state index in [4.69, 9.17) is 10.5 Å². The van der Waals surface area contributed by atoms with Crippen molar-refractivity contribution in [2.45, 2.75) is 6.92 Å². The summed E-state index contributed by atoms with van der Waals surface area (Å²) in [6, 6.07) is 11.7. The molecule has 0 atom stereocenters. The fourth-order valence-electron chi connectivity index (χ4n) is 1.65. The summed E-state index contributed by atoms with van der Waals surface area (Å²) in [6.45, 7) is 1.67. The zero-order valence-corrected chi connectivity index (χ0v) is 9.79. The lowest BCUT2D eigenvalue weighted by Crippen LogP contribution is -1.96. The van der Waals surface area contributed by atoms with E-state index in [0.717, 1.165) is 0 Å². The van der Waals surface area contributed by atoms with Crippen LogP contribution in [0, 0.1) is 17.0 Å². The van der Waals surface area contributed by atoms with Crippen LogP contribution in [-0.2, 0) is 0 Å². The van der Waals surface area contributed by atoms with Crippen molar-refractivity contribution in [3.05, 3.63) is 58.1 Å². The standard InChI is InChI=1S/C13H12N2O3/c1-9-4-2-7-12(13(9)15(16)17)18-11-6-3-5-10(14)8-11/h2-8H,14H2,1H3. The Hall–Kier alpha value is -2.56. The molecule has 0 saturated carbocycles. The first-order valence-electron chi connectivity index (χ1n) is 5.35. The number of hydrogen-bond acceptors (Lipinski definition) is 4. The van der Waals surface area contributed by atoms with Crippen molar-refractivity contribution in [2.24, 2.45) is 0 Å². The van der Waals surface area contributed by atoms with Crippen molar-refractivity contribution in [1.82, 2.24) is 0 Å². The minimum atomic E-state index is -0.447. The number of hydrogen-bond donors (Lipinski definition) is 1. The van der Waals surface area contributed by atoms with Gasteiger partial charge >= 0.3 is 5.69 Å². The Bertz CT molecular complexity index is 597. The molecule has 0 spiro atoms. The summed E-state index contributed by atoms with van der Waals surface area (Å²) in [5.74, 6) is 0.689. The molecule has 2 rings (SSSR count). The quantitative estimate of drug-likeness (QED) is 0.510. The zero-order valence-electron chi connectivity index (χ0n) is 9.79. The SMILES string of the molecule is Cc1cccc(Oc2cccc(N)c2)c1[N+](=O)[O-]. The van der Waals surface area contributed by atoms with E-state index >= 15 is 0 Å². The Labute approximate surface area is 104 Å². The van der Waals surface area contributed by atoms with Gasteiger partial charge in [0.1, 0.15) is 5.75 Å². The maximum atomic E-state index is 11.0. The first-order valence-corrected chi connectivity index (χ1v) is 5.35. The van der Waals surface area contributed by atoms with E-state index in [2.05, 4.69) is 0 Å². The molecule has 18 heavy (non-hydrogen) atoms. The summed E-state index contributed by atoms with van der Waals surface area (Å²) < 4.78 is 5.51. The third kappa shape index (κ3) is 2.40. The molecule has 2 aromatic rings. The third-order valence-electron chi connectivity index (χ3n) is 2.47. The molecule has 0 bridgehead atoms. The van der Waals surface area contributed by atoms with Crippen molar-refractivity contribution in [3.8, 4) is 11.5 Å². The monoisotopic (exact) mass is 244 g/mol. The molecule has 0 aliphatic heterocycles. The van der Waals surface area contributed by atoms with Gasteiger partial charge < -0.3 is 10.5 Å². The lowest BCUT2D eigenvalue weighted by Gasteiger charge is -2.08. The summed E-state index contributed by atoms with van der Waals surface area (Å²) in [4.78, 5) is 10.6. The van der Waals surface area contributed by atoms with Crippen LogP contribution in [0.25, 0.3) is 0 Å². The van der Waals surface area contributed by atoms with Gasteiger partial charge in [0.2, 0.25) is 5.75 Å². The highest BCUT2D eigenvalue weighted by molar-refractivity contribution is 5.54. The molecular formula is C13H12N2O3. The topological polar surface area (TPSA) is 78.4 Å². The number of ether oxygens (including phenoxy) is 1. The van der Waals surface area contributed by atoms with Gasteiger partial charge in [-0.3, -0.25) is 10.1 Å². The Morgan fingerprint density at radius 1 is 1.22 bits per heavy atom. The molecule has 0 amide bonds. The molecule has 0 saturated heterocycles. The van der Waals surface area contributed by atoms with Crippen LogP contribution in [0.2, 0.25) is 0 Å². The number of rotatable bonds is 3. The van der Waals surface area contributed by atoms with Crippen LogP contribution in [0.5, 0.6) is 11.5 Å². The van der Waals surface area contributed by atoms with Gasteiger partial charge in [0.05, 0.1) is 4.92 Å². The third-order valence-corrected chi connectivity index (χ3v) is 2.47. The number of nitro groups is 1. The molecule has 5 nitrogen and oxygen atoms in total. The Balaban J connectivity index is 2.40. The van der Waals surface area contributed by atoms with E-state index in [0.29, 0.717) is 17.0 Å². The van der Waals surface area contributed by atoms with Crippen molar-refractivity contribution in [2.75, 3.05) is 5.73 Å². The van der Waals surface area contributed by atoms with Crippen molar-refractivity contribution in [1.29, 1.82) is 0 Å². The normalized spacial score (nSPS) is 10.1. The predicted octanol–water partition coefficient (Wildman–Crippen LogP) is 3.28. The zero-order chi connectivity index (χ0) is 13.1. The van der Waals surface area contributed by atoms with Crippen LogP contribution in [0.15, 0.2) is 42.5 Å². The maximum Gasteiger partial charge on any atom is 0.314 e. The van der Waals surface area contributed by atoms with E-state index in [9.17, 15) is 10.1 Å². The maximum absolute atomic E-state index is 11.0. The number of para-hydroxylation sites is 1. The van der Waals surface area contributed by atoms with Gasteiger partial charge in [0.15, 0.2) is 0 Å². The fourth-order valence-corrected chi connectivity index (χ4v) is 1.65. The van der Waals surface area contributed by atoms with Gasteiger partial charge in [0.25, 0.3) is 0 Å². The fraction of sp³-hybridized carbons (Fsp3) is 0.0769. The van der Waals surface area contributed by atoms with Gasteiger partial charge in [-0.15, -0.1) is 0 Å². The van der Waals surface area contributed by atoms with Crippen LogP contribution >= 0.6 is 0 Å². The van der Waals surface area contributed by atoms with Crippen molar-refractivity contribution < 1.29 is 9.66 Å². The lowest BCUT2D eigenvalue weighted by molar-refractivity contribution is -0.386. The van der Waals surface area contributed by atoms with Gasteiger partial charge in [-0.25, -0.2) is 0 Å². The van der Waals surface area contributed by atoms with E-state index in [1.807, 2.05) is 0 Å². The first kappa shape index (κ1) is 11.9. The second kappa shape index (κ2) is 4.75. The number of aryl methyl sites for hydroxylation is 1. The number of nitro benzene ring substituents is 1. The predicted molar refractivity (Wildman–Crippen MR) is 68.8 cm³/mol. The minimum absolute atomic E-state index is 0.0278. The minimum Gasteiger partial charge on any atom is -0.450 e. The average Bonchev–Trinajstić information content (AvgIpc) is 2.28. The van der Waals surface area contributed by atoms with Crippen molar-refractivity contribution in [3.63, 3.8) is 0 Å². The van der Waals surface area contributed by atoms with Crippen molar-refractivity contribution >= 4 is 11.4 Å². The summed E-state index contributed by atoms with van der Waals surface area (Å²) in [5.41, 5.74) is 6.70. The summed E-state index contributed by atoms with van der Waals surface area (Å²) in [5, 5.41) is 11.0. The molecule has 5 heteroatoms. The lowest BCUT2D eigenvalue weighted by atomic mass is 10.2. The van der Waals surface area contributed by atoms with Gasteiger partial charge in [-0.2, -0.15) is 0 Å². The molecule has 0 aliphatic carbocycles. The summed E-state index contributed by atoms with van der Waals surface area (Å²) in [7, 11) is 0. The van der Waals surface area contributed by atoms with E-state index in [1.54, 1.807) is 49.4 Å². The summed E-state index contributed by atoms with van der Waals surface area (Å²) >= 11 is 0.